The van der Waals surface area contributed by atoms with E-state index in [1.807, 2.05) is 6.07 Å². The molecule has 5 heteroatoms. The van der Waals surface area contributed by atoms with E-state index in [4.69, 9.17) is 9.97 Å². The maximum Gasteiger partial charge on any atom is 0.235 e. The fourth-order valence-corrected chi connectivity index (χ4v) is 9.02. The van der Waals surface area contributed by atoms with Crippen LogP contribution in [0, 0.1) is 0 Å². The number of para-hydroxylation sites is 5. The predicted molar refractivity (Wildman–Crippen MR) is 246 cm³/mol. The molecular weight excluding hydrogens is 719 g/mol. The summed E-state index contributed by atoms with van der Waals surface area (Å²) in [6.45, 7) is 0. The summed E-state index contributed by atoms with van der Waals surface area (Å²) >= 11 is 0. The van der Waals surface area contributed by atoms with Crippen LogP contribution in [-0.4, -0.2) is 19.1 Å². The Morgan fingerprint density at radius 1 is 0.356 bits per heavy atom. The van der Waals surface area contributed by atoms with Crippen molar-refractivity contribution in [1.29, 1.82) is 0 Å². The monoisotopic (exact) mass is 753 g/mol. The number of hydrogen-bond donors (Lipinski definition) is 1. The average Bonchev–Trinajstić information content (AvgIpc) is 3.81. The first-order valence-electron chi connectivity index (χ1n) is 20.0. The van der Waals surface area contributed by atoms with Gasteiger partial charge in [-0.05, 0) is 88.6 Å². The van der Waals surface area contributed by atoms with E-state index in [1.165, 1.54) is 27.1 Å². The highest BCUT2D eigenvalue weighted by Crippen LogP contribution is 2.40. The Hall–Kier alpha value is -8.02. The van der Waals surface area contributed by atoms with Gasteiger partial charge in [0.2, 0.25) is 5.95 Å². The maximum absolute atomic E-state index is 5.52. The third kappa shape index (κ3) is 5.40. The van der Waals surface area contributed by atoms with Crippen LogP contribution >= 0.6 is 0 Å². The zero-order valence-corrected chi connectivity index (χ0v) is 31.9. The average molecular weight is 754 g/mol. The molecule has 3 heterocycles. The molecule has 12 rings (SSSR count). The van der Waals surface area contributed by atoms with Gasteiger partial charge in [0.15, 0.2) is 0 Å². The predicted octanol–water partition coefficient (Wildman–Crippen LogP) is 14.1. The Kier molecular flexibility index (Phi) is 7.47. The first kappa shape index (κ1) is 33.2. The summed E-state index contributed by atoms with van der Waals surface area (Å²) in [5.41, 5.74) is 12.7. The van der Waals surface area contributed by atoms with E-state index in [1.54, 1.807) is 0 Å². The van der Waals surface area contributed by atoms with Crippen molar-refractivity contribution in [3.8, 4) is 34.0 Å². The van der Waals surface area contributed by atoms with Gasteiger partial charge in [0.05, 0.1) is 33.3 Å². The van der Waals surface area contributed by atoms with Crippen molar-refractivity contribution in [1.82, 2.24) is 19.1 Å². The summed E-state index contributed by atoms with van der Waals surface area (Å²) in [7, 11) is 0. The first-order chi connectivity index (χ1) is 29.2. The number of fused-ring (bicyclic) bond motifs is 8. The molecule has 3 aromatic heterocycles. The maximum atomic E-state index is 5.52. The second-order valence-electron chi connectivity index (χ2n) is 15.1. The minimum absolute atomic E-state index is 0.634. The molecule has 0 aliphatic heterocycles. The van der Waals surface area contributed by atoms with Crippen LogP contribution in [0.15, 0.2) is 206 Å². The van der Waals surface area contributed by atoms with Crippen molar-refractivity contribution in [2.75, 3.05) is 5.32 Å². The van der Waals surface area contributed by atoms with Crippen molar-refractivity contribution in [3.63, 3.8) is 0 Å². The van der Waals surface area contributed by atoms with Crippen LogP contribution in [0.2, 0.25) is 0 Å². The van der Waals surface area contributed by atoms with Crippen molar-refractivity contribution in [2.45, 2.75) is 0 Å². The number of rotatable bonds is 6. The zero-order chi connectivity index (χ0) is 38.9. The lowest BCUT2D eigenvalue weighted by molar-refractivity contribution is 1.01. The number of nitrogens with zero attached hydrogens (tertiary/aromatic N) is 4. The van der Waals surface area contributed by atoms with Crippen LogP contribution in [-0.2, 0) is 0 Å². The quantitative estimate of drug-likeness (QED) is 0.184. The summed E-state index contributed by atoms with van der Waals surface area (Å²) in [6.07, 6.45) is 0. The highest BCUT2D eigenvalue weighted by Gasteiger charge is 2.20. The molecule has 0 amide bonds. The Morgan fingerprint density at radius 2 is 0.915 bits per heavy atom. The molecule has 0 aliphatic carbocycles. The summed E-state index contributed by atoms with van der Waals surface area (Å²) < 4.78 is 4.61. The largest absolute Gasteiger partial charge is 0.355 e. The van der Waals surface area contributed by atoms with Crippen LogP contribution < -0.4 is 5.32 Å². The van der Waals surface area contributed by atoms with Gasteiger partial charge in [0.1, 0.15) is 0 Å². The molecule has 12 aromatic rings. The van der Waals surface area contributed by atoms with E-state index in [9.17, 15) is 0 Å². The van der Waals surface area contributed by atoms with Crippen LogP contribution in [0.25, 0.3) is 99.3 Å². The minimum atomic E-state index is 0.634. The van der Waals surface area contributed by atoms with Crippen molar-refractivity contribution in [2.24, 2.45) is 0 Å². The number of benzene rings is 9. The Balaban J connectivity index is 1.09. The molecule has 1 N–H and O–H groups in total. The Morgan fingerprint density at radius 3 is 1.68 bits per heavy atom. The van der Waals surface area contributed by atoms with E-state index in [0.29, 0.717) is 5.95 Å². The molecule has 0 fully saturated rings. The summed E-state index contributed by atoms with van der Waals surface area (Å²) in [6, 6.07) is 73.3. The van der Waals surface area contributed by atoms with E-state index in [0.717, 1.165) is 77.7 Å². The van der Waals surface area contributed by atoms with Gasteiger partial charge >= 0.3 is 0 Å². The standard InChI is InChI=1S/C54H35N5/c1-3-16-38(17-4-1)55-39-31-35-15-7-8-20-41(35)47(34-39)36-27-29-45-43-22-11-14-26-50(43)59(52(45)32-36)54-56-48-24-12-9-23-46(48)53(57-54)37-28-30-44-42-21-10-13-25-49(42)58(51(44)33-37)40-18-5-2-6-19-40/h1-34,55H. The molecule has 0 saturated heterocycles. The molecule has 0 spiro atoms. The highest BCUT2D eigenvalue weighted by atomic mass is 15.2. The summed E-state index contributed by atoms with van der Waals surface area (Å²) in [5.74, 6) is 0.634. The normalized spacial score (nSPS) is 11.7. The topological polar surface area (TPSA) is 47.7 Å². The van der Waals surface area contributed by atoms with Crippen molar-refractivity contribution in [3.05, 3.63) is 206 Å². The zero-order valence-electron chi connectivity index (χ0n) is 31.9. The molecular formula is C54H35N5. The smallest absolute Gasteiger partial charge is 0.235 e. The highest BCUT2D eigenvalue weighted by molar-refractivity contribution is 6.12. The molecule has 276 valence electrons. The molecule has 0 aliphatic rings. The van der Waals surface area contributed by atoms with Crippen LogP contribution in [0.4, 0.5) is 11.4 Å². The third-order valence-corrected chi connectivity index (χ3v) is 11.7. The number of aromatic nitrogens is 4. The molecule has 0 atom stereocenters. The second-order valence-corrected chi connectivity index (χ2v) is 15.1. The van der Waals surface area contributed by atoms with Gasteiger partial charge in [-0.25, -0.2) is 9.97 Å². The minimum Gasteiger partial charge on any atom is -0.355 e. The molecule has 5 nitrogen and oxygen atoms in total. The van der Waals surface area contributed by atoms with Crippen LogP contribution in [0.3, 0.4) is 0 Å². The fraction of sp³-hybridized carbons (Fsp3) is 0. The van der Waals surface area contributed by atoms with Gasteiger partial charge in [-0.1, -0.05) is 140 Å². The molecule has 0 radical (unpaired) electrons. The molecule has 0 bridgehead atoms. The SMILES string of the molecule is c1ccc(Nc2cc(-c3ccc4c5ccccc5n(-c5nc(-c6ccc7c8ccccc8n(-c8ccccc8)c7c6)c6ccccc6n5)c4c3)c3ccccc3c2)cc1. The fourth-order valence-electron chi connectivity index (χ4n) is 9.02. The summed E-state index contributed by atoms with van der Waals surface area (Å²) in [5, 5.41) is 11.8. The van der Waals surface area contributed by atoms with Gasteiger partial charge in [0, 0.05) is 49.6 Å². The van der Waals surface area contributed by atoms with Gasteiger partial charge in [-0.15, -0.1) is 0 Å². The van der Waals surface area contributed by atoms with E-state index < -0.39 is 0 Å². The first-order valence-corrected chi connectivity index (χ1v) is 20.0. The third-order valence-electron chi connectivity index (χ3n) is 11.7. The van der Waals surface area contributed by atoms with Crippen molar-refractivity contribution < 1.29 is 0 Å². The van der Waals surface area contributed by atoms with Gasteiger partial charge in [-0.2, -0.15) is 0 Å². The number of nitrogens with one attached hydrogen (secondary N) is 1. The lowest BCUT2D eigenvalue weighted by Crippen LogP contribution is -2.03. The second kappa shape index (κ2) is 13.3. The summed E-state index contributed by atoms with van der Waals surface area (Å²) in [4.78, 5) is 10.8. The Labute approximate surface area is 340 Å². The van der Waals surface area contributed by atoms with Gasteiger partial charge < -0.3 is 9.88 Å². The number of anilines is 2. The van der Waals surface area contributed by atoms with Crippen molar-refractivity contribution >= 4 is 76.7 Å². The van der Waals surface area contributed by atoms with E-state index >= 15 is 0 Å². The number of hydrogen-bond acceptors (Lipinski definition) is 3. The molecule has 0 unspecified atom stereocenters. The van der Waals surface area contributed by atoms with Crippen LogP contribution in [0.1, 0.15) is 0 Å². The van der Waals surface area contributed by atoms with Gasteiger partial charge in [0.25, 0.3) is 0 Å². The lowest BCUT2D eigenvalue weighted by atomic mass is 9.96. The van der Waals surface area contributed by atoms with E-state index in [-0.39, 0.29) is 0 Å². The lowest BCUT2D eigenvalue weighted by Gasteiger charge is -2.14. The van der Waals surface area contributed by atoms with Crippen LogP contribution in [0.5, 0.6) is 0 Å². The molecule has 9 aromatic carbocycles. The van der Waals surface area contributed by atoms with E-state index in [2.05, 4.69) is 215 Å². The Bertz CT molecular complexity index is 3580. The van der Waals surface area contributed by atoms with Gasteiger partial charge in [-0.3, -0.25) is 4.57 Å². The molecule has 59 heavy (non-hydrogen) atoms. The molecule has 0 saturated carbocycles.